The predicted octanol–water partition coefficient (Wildman–Crippen LogP) is 2.63. The minimum absolute atomic E-state index is 0.182. The van der Waals surface area contributed by atoms with Crippen LogP contribution in [0.25, 0.3) is 16.8 Å². The van der Waals surface area contributed by atoms with E-state index in [4.69, 9.17) is 5.11 Å². The highest BCUT2D eigenvalue weighted by atomic mass is 16.2. The average molecular weight is 199 g/mol. The quantitative estimate of drug-likeness (QED) is 0.824. The van der Waals surface area contributed by atoms with E-state index in [9.17, 15) is 0 Å². The molecule has 0 fully saturated rings. The molecule has 0 saturated heterocycles. The predicted molar refractivity (Wildman–Crippen MR) is 62.5 cm³/mol. The van der Waals surface area contributed by atoms with E-state index in [1.54, 1.807) is 6.20 Å². The number of hydrogen-bond acceptors (Lipinski definition) is 2. The van der Waals surface area contributed by atoms with Crippen LogP contribution in [0.1, 0.15) is 12.1 Å². The van der Waals surface area contributed by atoms with Crippen molar-refractivity contribution < 1.29 is 5.11 Å². The van der Waals surface area contributed by atoms with E-state index < -0.39 is 0 Å². The first-order valence-electron chi connectivity index (χ1n) is 5.03. The van der Waals surface area contributed by atoms with E-state index in [0.717, 1.165) is 11.1 Å². The fourth-order valence-electron chi connectivity index (χ4n) is 1.55. The third-order valence-corrected chi connectivity index (χ3v) is 2.28. The smallest absolute Gasteiger partial charge is 0.0704 e. The molecule has 1 aromatic carbocycles. The second kappa shape index (κ2) is 4.71. The average Bonchev–Trinajstić information content (AvgIpc) is 2.30. The van der Waals surface area contributed by atoms with Crippen LogP contribution in [0.4, 0.5) is 0 Å². The van der Waals surface area contributed by atoms with Gasteiger partial charge in [0, 0.05) is 18.2 Å². The molecule has 15 heavy (non-hydrogen) atoms. The Morgan fingerprint density at radius 3 is 2.93 bits per heavy atom. The lowest BCUT2D eigenvalue weighted by Gasteiger charge is -2.00. The molecule has 2 rings (SSSR count). The normalized spacial score (nSPS) is 11.3. The van der Waals surface area contributed by atoms with E-state index in [-0.39, 0.29) is 6.61 Å². The molecule has 2 nitrogen and oxygen atoms in total. The zero-order valence-electron chi connectivity index (χ0n) is 8.43. The van der Waals surface area contributed by atoms with Crippen LogP contribution >= 0.6 is 0 Å². The van der Waals surface area contributed by atoms with Gasteiger partial charge in [-0.25, -0.2) is 0 Å². The Balaban J connectivity index is 2.42. The van der Waals surface area contributed by atoms with Crippen LogP contribution in [0, 0.1) is 0 Å². The topological polar surface area (TPSA) is 33.1 Å². The largest absolute Gasteiger partial charge is 0.396 e. The highest BCUT2D eigenvalue weighted by molar-refractivity contribution is 5.88. The van der Waals surface area contributed by atoms with E-state index in [1.165, 1.54) is 5.39 Å². The fraction of sp³-hybridized carbons (Fsp3) is 0.154. The molecular weight excluding hydrogens is 186 g/mol. The van der Waals surface area contributed by atoms with Gasteiger partial charge >= 0.3 is 0 Å². The van der Waals surface area contributed by atoms with Crippen molar-refractivity contribution >= 4 is 16.8 Å². The Hall–Kier alpha value is -1.67. The minimum atomic E-state index is 0.182. The molecule has 0 radical (unpaired) electrons. The van der Waals surface area contributed by atoms with Gasteiger partial charge in [0.25, 0.3) is 0 Å². The first-order valence-corrected chi connectivity index (χ1v) is 5.03. The van der Waals surface area contributed by atoms with Gasteiger partial charge in [0.05, 0.1) is 5.69 Å². The van der Waals surface area contributed by atoms with Gasteiger partial charge in [-0.15, -0.1) is 0 Å². The van der Waals surface area contributed by atoms with Gasteiger partial charge in [-0.05, 0) is 23.9 Å². The maximum Gasteiger partial charge on any atom is 0.0704 e. The number of aliphatic hydroxyl groups is 1. The van der Waals surface area contributed by atoms with Crippen molar-refractivity contribution in [2.75, 3.05) is 6.61 Å². The van der Waals surface area contributed by atoms with Crippen molar-refractivity contribution in [3.63, 3.8) is 0 Å². The molecule has 0 saturated carbocycles. The third-order valence-electron chi connectivity index (χ3n) is 2.28. The van der Waals surface area contributed by atoms with Crippen LogP contribution in [-0.2, 0) is 0 Å². The van der Waals surface area contributed by atoms with Crippen molar-refractivity contribution in [2.45, 2.75) is 6.42 Å². The van der Waals surface area contributed by atoms with E-state index >= 15 is 0 Å². The summed E-state index contributed by atoms with van der Waals surface area (Å²) < 4.78 is 0. The molecule has 0 aliphatic rings. The number of nitrogens with zero attached hydrogens (tertiary/aromatic N) is 1. The van der Waals surface area contributed by atoms with Crippen LogP contribution in [0.15, 0.2) is 42.6 Å². The van der Waals surface area contributed by atoms with Gasteiger partial charge in [0.1, 0.15) is 0 Å². The van der Waals surface area contributed by atoms with Crippen molar-refractivity contribution in [2.24, 2.45) is 0 Å². The van der Waals surface area contributed by atoms with Crippen LogP contribution < -0.4 is 0 Å². The monoisotopic (exact) mass is 199 g/mol. The summed E-state index contributed by atoms with van der Waals surface area (Å²) in [5, 5.41) is 11.0. The summed E-state index contributed by atoms with van der Waals surface area (Å²) in [5.41, 5.74) is 0.960. The first-order chi connectivity index (χ1) is 7.42. The first kappa shape index (κ1) is 9.87. The summed E-state index contributed by atoms with van der Waals surface area (Å²) in [6.07, 6.45) is 6.37. The highest BCUT2D eigenvalue weighted by Crippen LogP contribution is 2.17. The molecule has 1 aromatic heterocycles. The van der Waals surface area contributed by atoms with Gasteiger partial charge < -0.3 is 5.11 Å². The maximum atomic E-state index is 8.69. The third kappa shape index (κ3) is 2.22. The molecule has 0 aliphatic carbocycles. The number of rotatable bonds is 3. The molecule has 2 aromatic rings. The molecule has 0 aliphatic heterocycles. The second-order valence-electron chi connectivity index (χ2n) is 3.33. The highest BCUT2D eigenvalue weighted by Gasteiger charge is 1.96. The number of pyridine rings is 1. The molecule has 2 heteroatoms. The SMILES string of the molecule is OCCC=Cc1nccc2ccccc12. The number of aromatic nitrogens is 1. The minimum Gasteiger partial charge on any atom is -0.396 e. The number of hydrogen-bond donors (Lipinski definition) is 1. The van der Waals surface area contributed by atoms with Gasteiger partial charge in [-0.3, -0.25) is 4.98 Å². The molecule has 0 amide bonds. The Labute approximate surface area is 88.9 Å². The summed E-state index contributed by atoms with van der Waals surface area (Å²) in [4.78, 5) is 4.31. The fourth-order valence-corrected chi connectivity index (χ4v) is 1.55. The zero-order valence-corrected chi connectivity index (χ0v) is 8.43. The van der Waals surface area contributed by atoms with Crippen LogP contribution in [-0.4, -0.2) is 16.7 Å². The van der Waals surface area contributed by atoms with Crippen LogP contribution in [0.3, 0.4) is 0 Å². The molecule has 0 spiro atoms. The summed E-state index contributed by atoms with van der Waals surface area (Å²) in [6.45, 7) is 0.182. The number of benzene rings is 1. The molecular formula is C13H13NO. The number of fused-ring (bicyclic) bond motifs is 1. The van der Waals surface area contributed by atoms with Crippen LogP contribution in [0.5, 0.6) is 0 Å². The van der Waals surface area contributed by atoms with Crippen molar-refractivity contribution in [1.29, 1.82) is 0 Å². The standard InChI is InChI=1S/C13H13NO/c15-10-4-3-7-13-12-6-2-1-5-11(12)8-9-14-13/h1-3,5-9,15H,4,10H2. The molecule has 0 bridgehead atoms. The Morgan fingerprint density at radius 1 is 1.20 bits per heavy atom. The second-order valence-corrected chi connectivity index (χ2v) is 3.33. The van der Waals surface area contributed by atoms with Crippen molar-refractivity contribution in [1.82, 2.24) is 4.98 Å². The molecule has 0 unspecified atom stereocenters. The van der Waals surface area contributed by atoms with Gasteiger partial charge in [-0.2, -0.15) is 0 Å². The molecule has 0 atom stereocenters. The van der Waals surface area contributed by atoms with Crippen molar-refractivity contribution in [3.8, 4) is 0 Å². The van der Waals surface area contributed by atoms with E-state index in [2.05, 4.69) is 17.1 Å². The molecule has 76 valence electrons. The van der Waals surface area contributed by atoms with E-state index in [1.807, 2.05) is 30.4 Å². The van der Waals surface area contributed by atoms with Crippen LogP contribution in [0.2, 0.25) is 0 Å². The Morgan fingerprint density at radius 2 is 2.07 bits per heavy atom. The maximum absolute atomic E-state index is 8.69. The number of aliphatic hydroxyl groups excluding tert-OH is 1. The summed E-state index contributed by atoms with van der Waals surface area (Å²) in [6, 6.07) is 10.1. The molecule has 1 N–H and O–H groups in total. The lowest BCUT2D eigenvalue weighted by atomic mass is 10.1. The van der Waals surface area contributed by atoms with E-state index in [0.29, 0.717) is 6.42 Å². The lowest BCUT2D eigenvalue weighted by Crippen LogP contribution is -1.83. The summed E-state index contributed by atoms with van der Waals surface area (Å²) in [7, 11) is 0. The summed E-state index contributed by atoms with van der Waals surface area (Å²) >= 11 is 0. The Bertz CT molecular complexity index is 471. The Kier molecular flexibility index (Phi) is 3.10. The zero-order chi connectivity index (χ0) is 10.5. The lowest BCUT2D eigenvalue weighted by molar-refractivity contribution is 0.303. The van der Waals surface area contributed by atoms with Gasteiger partial charge in [-0.1, -0.05) is 30.3 Å². The van der Waals surface area contributed by atoms with Gasteiger partial charge in [0.2, 0.25) is 0 Å². The summed E-state index contributed by atoms with van der Waals surface area (Å²) in [5.74, 6) is 0. The van der Waals surface area contributed by atoms with Crippen molar-refractivity contribution in [3.05, 3.63) is 48.3 Å². The van der Waals surface area contributed by atoms with Gasteiger partial charge in [0.15, 0.2) is 0 Å². The molecule has 1 heterocycles.